The molecule has 1 aliphatic carbocycles. The first-order valence-electron chi connectivity index (χ1n) is 23.5. The molecule has 3 aromatic carbocycles. The fourth-order valence-corrected chi connectivity index (χ4v) is 9.45. The summed E-state index contributed by atoms with van der Waals surface area (Å²) in [5.74, 6) is -1.90. The topological polar surface area (TPSA) is 213 Å². The zero-order chi connectivity index (χ0) is 50.4. The molecule has 3 fully saturated rings. The van der Waals surface area contributed by atoms with Crippen molar-refractivity contribution >= 4 is 29.7 Å². The Kier molecular flexibility index (Phi) is 20.2. The first kappa shape index (κ1) is 54.4. The molecule has 0 radical (unpaired) electrons. The van der Waals surface area contributed by atoms with Crippen LogP contribution in [0.3, 0.4) is 0 Å². The van der Waals surface area contributed by atoms with Crippen molar-refractivity contribution in [1.82, 2.24) is 25.5 Å². The highest BCUT2D eigenvalue weighted by Gasteiger charge is 2.62. The van der Waals surface area contributed by atoms with E-state index in [0.29, 0.717) is 57.5 Å². The van der Waals surface area contributed by atoms with Crippen LogP contribution in [-0.2, 0) is 41.6 Å². The number of benzene rings is 3. The van der Waals surface area contributed by atoms with Crippen LogP contribution >= 0.6 is 11.6 Å². The molecule has 3 aromatic rings. The first-order chi connectivity index (χ1) is 33.6. The maximum absolute atomic E-state index is 16.0. The van der Waals surface area contributed by atoms with Crippen molar-refractivity contribution in [3.63, 3.8) is 0 Å². The summed E-state index contributed by atoms with van der Waals surface area (Å²) >= 11 is 5.95. The van der Waals surface area contributed by atoms with Crippen LogP contribution in [0, 0.1) is 24.0 Å². The standard InChI is InChI=1S/C48H64ClF2N5O14/c1-32-35(11-8-12-41(32)65-27-26-64-3)29-53(36-17-18-36)45(57)48(2)38(34-15-13-33(14-16-34)10-9-23-66-44-40(51)20-19-39(50)43(44)49)28-37-30-52(46(58)67-21-4-6-24-69-55(60)61)31-42(48)54(37)47(59)68-22-5-7-25-70-56(62)63/h8,11-16,19-20,36-38,42,60-63H,4-7,9-10,17-18,21-31H2,1-3H3. The number of unbranched alkanes of at least 4 members (excludes halogenated alkanes) is 2. The number of hydrogen-bond acceptors (Lipinski definition) is 16. The molecule has 2 aliphatic heterocycles. The molecule has 4 atom stereocenters. The van der Waals surface area contributed by atoms with E-state index in [1.54, 1.807) is 12.0 Å². The number of piperidine rings is 1. The van der Waals surface area contributed by atoms with E-state index in [4.69, 9.17) is 56.1 Å². The van der Waals surface area contributed by atoms with Crippen LogP contribution in [-0.4, -0.2) is 149 Å². The zero-order valence-electron chi connectivity index (χ0n) is 39.7. The maximum atomic E-state index is 16.0. The van der Waals surface area contributed by atoms with Crippen LogP contribution in [0.2, 0.25) is 5.02 Å². The van der Waals surface area contributed by atoms with Gasteiger partial charge in [-0.05, 0) is 112 Å². The molecule has 2 saturated heterocycles. The number of rotatable bonds is 26. The molecule has 22 heteroatoms. The Balaban J connectivity index is 1.30. The fraction of sp³-hybridized carbons (Fsp3) is 0.562. The number of carbonyl (C=O) groups is 3. The minimum Gasteiger partial charge on any atom is -0.491 e. The summed E-state index contributed by atoms with van der Waals surface area (Å²) < 4.78 is 56.6. The molecule has 19 nitrogen and oxygen atoms in total. The molecule has 6 rings (SSSR count). The van der Waals surface area contributed by atoms with Gasteiger partial charge >= 0.3 is 12.2 Å². The van der Waals surface area contributed by atoms with Crippen molar-refractivity contribution in [3.8, 4) is 11.5 Å². The number of fused-ring (bicyclic) bond motifs is 2. The molecule has 4 unspecified atom stereocenters. The summed E-state index contributed by atoms with van der Waals surface area (Å²) in [6.07, 6.45) is 2.86. The van der Waals surface area contributed by atoms with E-state index in [-0.39, 0.29) is 87.6 Å². The number of amides is 3. The molecule has 0 spiro atoms. The Morgan fingerprint density at radius 1 is 0.771 bits per heavy atom. The third kappa shape index (κ3) is 14.1. The Morgan fingerprint density at radius 2 is 1.41 bits per heavy atom. The molecule has 2 heterocycles. The number of methoxy groups -OCH3 is 1. The van der Waals surface area contributed by atoms with Gasteiger partial charge in [0.05, 0.1) is 67.9 Å². The third-order valence-electron chi connectivity index (χ3n) is 13.1. The Morgan fingerprint density at radius 3 is 2.06 bits per heavy atom. The van der Waals surface area contributed by atoms with E-state index in [0.717, 1.165) is 47.2 Å². The molecule has 4 N–H and O–H groups in total. The van der Waals surface area contributed by atoms with Gasteiger partial charge in [-0.2, -0.15) is 0 Å². The van der Waals surface area contributed by atoms with E-state index in [1.165, 1.54) is 4.90 Å². The fourth-order valence-electron chi connectivity index (χ4n) is 9.24. The maximum Gasteiger partial charge on any atom is 0.410 e. The summed E-state index contributed by atoms with van der Waals surface area (Å²) in [5, 5.41) is 34.3. The van der Waals surface area contributed by atoms with Gasteiger partial charge in [-0.1, -0.05) is 48.0 Å². The van der Waals surface area contributed by atoms with Gasteiger partial charge in [-0.25, -0.2) is 18.4 Å². The lowest BCUT2D eigenvalue weighted by molar-refractivity contribution is -0.492. The number of likely N-dealkylation sites (tertiary alicyclic amines) is 1. The molecule has 0 aromatic heterocycles. The average molecular weight is 1010 g/mol. The van der Waals surface area contributed by atoms with Crippen LogP contribution in [0.25, 0.3) is 0 Å². The summed E-state index contributed by atoms with van der Waals surface area (Å²) in [5.41, 5.74) is 2.17. The Bertz CT molecular complexity index is 2190. The Labute approximate surface area is 410 Å². The summed E-state index contributed by atoms with van der Waals surface area (Å²) in [4.78, 5) is 58.5. The van der Waals surface area contributed by atoms with Crippen molar-refractivity contribution in [3.05, 3.63) is 93.5 Å². The van der Waals surface area contributed by atoms with E-state index in [1.807, 2.05) is 61.2 Å². The molecule has 70 heavy (non-hydrogen) atoms. The largest absolute Gasteiger partial charge is 0.491 e. The lowest BCUT2D eigenvalue weighted by Crippen LogP contribution is -2.73. The minimum atomic E-state index is -1.36. The number of aryl methyl sites for hydroxylation is 1. The second kappa shape index (κ2) is 26.0. The number of ether oxygens (including phenoxy) is 5. The van der Waals surface area contributed by atoms with Crippen LogP contribution < -0.4 is 9.47 Å². The second-order valence-corrected chi connectivity index (χ2v) is 18.2. The zero-order valence-corrected chi connectivity index (χ0v) is 40.4. The highest BCUT2D eigenvalue weighted by atomic mass is 35.5. The van der Waals surface area contributed by atoms with Crippen molar-refractivity contribution < 1.29 is 77.4 Å². The smallest absolute Gasteiger partial charge is 0.410 e. The van der Waals surface area contributed by atoms with Gasteiger partial charge in [0, 0.05) is 38.7 Å². The summed E-state index contributed by atoms with van der Waals surface area (Å²) in [6, 6.07) is 13.8. The lowest BCUT2D eigenvalue weighted by atomic mass is 9.60. The molecule has 386 valence electrons. The van der Waals surface area contributed by atoms with Crippen LogP contribution in [0.1, 0.15) is 86.5 Å². The predicted octanol–water partition coefficient (Wildman–Crippen LogP) is 7.86. The number of hydrogen-bond donors (Lipinski definition) is 4. The number of halogens is 3. The van der Waals surface area contributed by atoms with Gasteiger partial charge in [0.2, 0.25) is 5.91 Å². The van der Waals surface area contributed by atoms with E-state index in [9.17, 15) is 18.4 Å². The molecule has 1 saturated carbocycles. The molecule has 2 bridgehead atoms. The van der Waals surface area contributed by atoms with Gasteiger partial charge in [-0.15, -0.1) is 0 Å². The van der Waals surface area contributed by atoms with Gasteiger partial charge in [0.1, 0.15) is 23.2 Å². The molecule has 3 aliphatic rings. The molecule has 3 amide bonds. The number of carbonyl (C=O) groups excluding carboxylic acids is 3. The van der Waals surface area contributed by atoms with Crippen LogP contribution in [0.4, 0.5) is 18.4 Å². The van der Waals surface area contributed by atoms with E-state index in [2.05, 4.69) is 9.68 Å². The minimum absolute atomic E-state index is 0.000465. The monoisotopic (exact) mass is 1010 g/mol. The molecular weight excluding hydrogens is 944 g/mol. The van der Waals surface area contributed by atoms with Crippen molar-refractivity contribution in [2.45, 2.75) is 102 Å². The quantitative estimate of drug-likeness (QED) is 0.0342. The van der Waals surface area contributed by atoms with E-state index >= 15 is 4.79 Å². The average Bonchev–Trinajstić information content (AvgIpc) is 4.19. The highest BCUT2D eigenvalue weighted by molar-refractivity contribution is 6.32. The number of nitrogens with zero attached hydrogens (tertiary/aromatic N) is 5. The first-order valence-corrected chi connectivity index (χ1v) is 23.9. The SMILES string of the molecule is COCCOc1cccc(CN(C(=O)C2(C)C(c3ccc(CCCOc4c(F)ccc(F)c4Cl)cc3)CC3CN(C(=O)OCCCCON(O)O)CC2N3C(=O)OCCCCON(O)O)C2CC2)c1C. The van der Waals surface area contributed by atoms with Crippen molar-refractivity contribution in [2.75, 3.05) is 66.4 Å². The molecular formula is C48H64ClF2N5O14. The lowest BCUT2D eigenvalue weighted by Gasteiger charge is -2.59. The van der Waals surface area contributed by atoms with Gasteiger partial charge < -0.3 is 33.5 Å². The Hall–Kier alpha value is -4.94. The van der Waals surface area contributed by atoms with E-state index < -0.39 is 52.3 Å². The summed E-state index contributed by atoms with van der Waals surface area (Å²) in [6.45, 7) is 4.77. The highest BCUT2D eigenvalue weighted by Crippen LogP contribution is 2.53. The van der Waals surface area contributed by atoms with Gasteiger partial charge in [-0.3, -0.25) is 40.2 Å². The van der Waals surface area contributed by atoms with Crippen LogP contribution in [0.15, 0.2) is 54.6 Å². The summed E-state index contributed by atoms with van der Waals surface area (Å²) in [7, 11) is 1.60. The van der Waals surface area contributed by atoms with Crippen LogP contribution in [0.5, 0.6) is 11.5 Å². The predicted molar refractivity (Wildman–Crippen MR) is 244 cm³/mol. The van der Waals surface area contributed by atoms with Crippen molar-refractivity contribution in [1.29, 1.82) is 0 Å². The van der Waals surface area contributed by atoms with Gasteiger partial charge in [0.25, 0.3) is 0 Å². The number of piperazine rings is 1. The normalized spacial score (nSPS) is 19.9. The second-order valence-electron chi connectivity index (χ2n) is 17.8. The van der Waals surface area contributed by atoms with Crippen molar-refractivity contribution in [2.24, 2.45) is 5.41 Å². The third-order valence-corrected chi connectivity index (χ3v) is 13.5. The van der Waals surface area contributed by atoms with Gasteiger partial charge in [0.15, 0.2) is 11.6 Å².